The fourth-order valence-electron chi connectivity index (χ4n) is 5.09. The maximum Gasteiger partial charge on any atom is 0.229 e. The standard InChI is InChI=1S/C25H28N6O2/c1-32-20-12-17-8-10-31(15-18(17)13-21(20)33-2)25-26-23-22-19(28-29-23)9-11-30(24(22)27-25)14-16-6-4-3-5-7-16/h3-7,12-13,19,28H,8-11,14-15H2,1-2H3,(H,26,27,29). The number of anilines is 3. The Bertz CT molecular complexity index is 1190. The van der Waals surface area contributed by atoms with Crippen molar-refractivity contribution in [2.75, 3.05) is 42.5 Å². The van der Waals surface area contributed by atoms with Crippen molar-refractivity contribution in [3.63, 3.8) is 0 Å². The third kappa shape index (κ3) is 3.51. The van der Waals surface area contributed by atoms with Gasteiger partial charge in [0.15, 0.2) is 17.3 Å². The molecule has 4 heterocycles. The van der Waals surface area contributed by atoms with E-state index in [0.29, 0.717) is 0 Å². The number of hydrazine groups is 1. The van der Waals surface area contributed by atoms with Gasteiger partial charge in [0.05, 0.1) is 25.8 Å². The van der Waals surface area contributed by atoms with Gasteiger partial charge in [-0.2, -0.15) is 9.97 Å². The first-order valence-electron chi connectivity index (χ1n) is 11.4. The van der Waals surface area contributed by atoms with E-state index in [-0.39, 0.29) is 6.04 Å². The Morgan fingerprint density at radius 3 is 2.58 bits per heavy atom. The van der Waals surface area contributed by atoms with Crippen LogP contribution in [0.25, 0.3) is 0 Å². The molecule has 3 aliphatic rings. The fraction of sp³-hybridized carbons (Fsp3) is 0.360. The predicted molar refractivity (Wildman–Crippen MR) is 128 cm³/mol. The largest absolute Gasteiger partial charge is 0.493 e. The van der Waals surface area contributed by atoms with Crippen LogP contribution in [-0.4, -0.2) is 37.3 Å². The van der Waals surface area contributed by atoms with E-state index in [0.717, 1.165) is 68.1 Å². The molecule has 2 aromatic carbocycles. The molecule has 8 heteroatoms. The Balaban J connectivity index is 1.34. The summed E-state index contributed by atoms with van der Waals surface area (Å²) < 4.78 is 11.0. The third-order valence-electron chi connectivity index (χ3n) is 6.83. The molecule has 0 bridgehead atoms. The number of rotatable bonds is 5. The van der Waals surface area contributed by atoms with Gasteiger partial charge in [-0.1, -0.05) is 30.3 Å². The van der Waals surface area contributed by atoms with Gasteiger partial charge >= 0.3 is 0 Å². The number of nitrogens with one attached hydrogen (secondary N) is 2. The summed E-state index contributed by atoms with van der Waals surface area (Å²) in [6.45, 7) is 3.40. The molecule has 0 saturated carbocycles. The van der Waals surface area contributed by atoms with Crippen LogP contribution in [0.1, 0.15) is 34.7 Å². The van der Waals surface area contributed by atoms with Crippen molar-refractivity contribution in [3.05, 3.63) is 64.7 Å². The molecule has 8 nitrogen and oxygen atoms in total. The lowest BCUT2D eigenvalue weighted by Crippen LogP contribution is -2.35. The number of fused-ring (bicyclic) bond motifs is 1. The van der Waals surface area contributed by atoms with Crippen molar-refractivity contribution >= 4 is 17.6 Å². The Labute approximate surface area is 193 Å². The summed E-state index contributed by atoms with van der Waals surface area (Å²) in [6, 6.07) is 15.0. The van der Waals surface area contributed by atoms with Crippen molar-refractivity contribution in [2.24, 2.45) is 0 Å². The highest BCUT2D eigenvalue weighted by Gasteiger charge is 2.35. The van der Waals surface area contributed by atoms with E-state index >= 15 is 0 Å². The minimum Gasteiger partial charge on any atom is -0.493 e. The Morgan fingerprint density at radius 1 is 1.00 bits per heavy atom. The topological polar surface area (TPSA) is 74.8 Å². The predicted octanol–water partition coefficient (Wildman–Crippen LogP) is 3.44. The molecule has 3 aliphatic heterocycles. The molecule has 3 aromatic rings. The highest BCUT2D eigenvalue weighted by atomic mass is 16.5. The van der Waals surface area contributed by atoms with E-state index in [1.54, 1.807) is 14.2 Å². The molecule has 0 spiro atoms. The van der Waals surface area contributed by atoms with Crippen LogP contribution in [0, 0.1) is 0 Å². The minimum absolute atomic E-state index is 0.259. The zero-order valence-electron chi connectivity index (χ0n) is 19.0. The first-order chi connectivity index (χ1) is 16.2. The lowest BCUT2D eigenvalue weighted by molar-refractivity contribution is 0.353. The number of hydrogen-bond acceptors (Lipinski definition) is 8. The lowest BCUT2D eigenvalue weighted by Gasteiger charge is -2.34. The molecule has 0 saturated heterocycles. The molecule has 6 rings (SSSR count). The number of benzene rings is 2. The third-order valence-corrected chi connectivity index (χ3v) is 6.83. The van der Waals surface area contributed by atoms with Gasteiger partial charge in [0.2, 0.25) is 5.95 Å². The van der Waals surface area contributed by atoms with Crippen molar-refractivity contribution in [3.8, 4) is 11.5 Å². The van der Waals surface area contributed by atoms with Crippen LogP contribution in [0.3, 0.4) is 0 Å². The normalized spacial score (nSPS) is 18.4. The second-order valence-corrected chi connectivity index (χ2v) is 8.77. The molecule has 1 aromatic heterocycles. The average molecular weight is 445 g/mol. The van der Waals surface area contributed by atoms with Gasteiger partial charge in [-0.05, 0) is 41.7 Å². The summed E-state index contributed by atoms with van der Waals surface area (Å²) in [5.74, 6) is 4.23. The van der Waals surface area contributed by atoms with Crippen LogP contribution >= 0.6 is 0 Å². The Morgan fingerprint density at radius 2 is 1.79 bits per heavy atom. The minimum atomic E-state index is 0.259. The van der Waals surface area contributed by atoms with Gasteiger partial charge in [-0.3, -0.25) is 0 Å². The number of aromatic nitrogens is 2. The molecular weight excluding hydrogens is 416 g/mol. The number of methoxy groups -OCH3 is 2. The molecule has 1 unspecified atom stereocenters. The summed E-state index contributed by atoms with van der Waals surface area (Å²) in [5, 5.41) is 0. The number of hydrogen-bond donors (Lipinski definition) is 2. The van der Waals surface area contributed by atoms with Gasteiger partial charge < -0.3 is 24.7 Å². The monoisotopic (exact) mass is 444 g/mol. The van der Waals surface area contributed by atoms with Crippen LogP contribution in [0.15, 0.2) is 42.5 Å². The maximum absolute atomic E-state index is 5.53. The second-order valence-electron chi connectivity index (χ2n) is 8.77. The summed E-state index contributed by atoms with van der Waals surface area (Å²) in [7, 11) is 3.36. The second kappa shape index (κ2) is 8.12. The summed E-state index contributed by atoms with van der Waals surface area (Å²) >= 11 is 0. The zero-order chi connectivity index (χ0) is 22.4. The van der Waals surface area contributed by atoms with E-state index in [1.807, 2.05) is 0 Å². The Hall–Kier alpha value is -3.52. The quantitative estimate of drug-likeness (QED) is 0.620. The first kappa shape index (κ1) is 20.1. The van der Waals surface area contributed by atoms with E-state index in [9.17, 15) is 0 Å². The molecule has 0 fully saturated rings. The maximum atomic E-state index is 5.53. The molecular formula is C25H28N6O2. The van der Waals surface area contributed by atoms with Gasteiger partial charge in [-0.15, -0.1) is 0 Å². The first-order valence-corrected chi connectivity index (χ1v) is 11.4. The SMILES string of the molecule is COc1cc2c(cc1OC)CN(c1nc3c4c(n1)N(Cc1ccccc1)CCC4NN3)CC2. The van der Waals surface area contributed by atoms with Crippen LogP contribution in [0.5, 0.6) is 11.5 Å². The van der Waals surface area contributed by atoms with Crippen LogP contribution in [-0.2, 0) is 19.5 Å². The van der Waals surface area contributed by atoms with Gasteiger partial charge in [-0.25, -0.2) is 5.43 Å². The number of ether oxygens (including phenoxy) is 2. The lowest BCUT2D eigenvalue weighted by atomic mass is 9.99. The average Bonchev–Trinajstić information content (AvgIpc) is 3.29. The zero-order valence-corrected chi connectivity index (χ0v) is 19.0. The van der Waals surface area contributed by atoms with E-state index < -0.39 is 0 Å². The van der Waals surface area contributed by atoms with Gasteiger partial charge in [0.25, 0.3) is 0 Å². The highest BCUT2D eigenvalue weighted by Crippen LogP contribution is 2.42. The number of nitrogens with zero attached hydrogens (tertiary/aromatic N) is 4. The molecule has 170 valence electrons. The summed E-state index contributed by atoms with van der Waals surface area (Å²) in [5.41, 5.74) is 11.7. The van der Waals surface area contributed by atoms with Crippen LogP contribution in [0.4, 0.5) is 17.6 Å². The molecule has 1 atom stereocenters. The van der Waals surface area contributed by atoms with Crippen LogP contribution < -0.4 is 30.1 Å². The van der Waals surface area contributed by atoms with Crippen molar-refractivity contribution in [1.29, 1.82) is 0 Å². The fourth-order valence-corrected chi connectivity index (χ4v) is 5.09. The van der Waals surface area contributed by atoms with Crippen molar-refractivity contribution in [1.82, 2.24) is 15.4 Å². The van der Waals surface area contributed by atoms with Gasteiger partial charge in [0.1, 0.15) is 5.82 Å². The Kier molecular flexibility index (Phi) is 4.95. The summed E-state index contributed by atoms with van der Waals surface area (Å²) in [6.07, 6.45) is 1.94. The van der Waals surface area contributed by atoms with Crippen LogP contribution in [0.2, 0.25) is 0 Å². The molecule has 2 N–H and O–H groups in total. The van der Waals surface area contributed by atoms with E-state index in [1.165, 1.54) is 22.3 Å². The van der Waals surface area contributed by atoms with E-state index in [2.05, 4.69) is 63.1 Å². The van der Waals surface area contributed by atoms with E-state index in [4.69, 9.17) is 19.4 Å². The highest BCUT2D eigenvalue weighted by molar-refractivity contribution is 5.68. The molecule has 0 radical (unpaired) electrons. The van der Waals surface area contributed by atoms with Crippen molar-refractivity contribution < 1.29 is 9.47 Å². The molecule has 0 amide bonds. The van der Waals surface area contributed by atoms with Gasteiger partial charge in [0, 0.05) is 26.2 Å². The smallest absolute Gasteiger partial charge is 0.229 e. The van der Waals surface area contributed by atoms with Crippen molar-refractivity contribution in [2.45, 2.75) is 32.0 Å². The molecule has 33 heavy (non-hydrogen) atoms. The summed E-state index contributed by atoms with van der Waals surface area (Å²) in [4.78, 5) is 14.7. The molecule has 0 aliphatic carbocycles.